The van der Waals surface area contributed by atoms with Crippen LogP contribution in [0.2, 0.25) is 0 Å². The van der Waals surface area contributed by atoms with Crippen molar-refractivity contribution in [3.8, 4) is 23.5 Å². The molecule has 0 saturated carbocycles. The van der Waals surface area contributed by atoms with Crippen LogP contribution in [-0.2, 0) is 13.1 Å². The lowest BCUT2D eigenvalue weighted by Crippen LogP contribution is -2.46. The Morgan fingerprint density at radius 2 is 1.89 bits per heavy atom. The maximum absolute atomic E-state index is 6.17. The molecule has 0 aliphatic carbocycles. The molecular weight excluding hydrogens is 478 g/mol. The van der Waals surface area contributed by atoms with Gasteiger partial charge in [-0.3, -0.25) is 9.58 Å². The average Bonchev–Trinajstić information content (AvgIpc) is 3.34. The molecule has 1 fully saturated rings. The van der Waals surface area contributed by atoms with Crippen molar-refractivity contribution >= 4 is 16.9 Å². The number of aromatic nitrogens is 5. The van der Waals surface area contributed by atoms with Crippen molar-refractivity contribution in [2.24, 2.45) is 10.2 Å². The predicted octanol–water partition coefficient (Wildman–Crippen LogP) is 4.39. The summed E-state index contributed by atoms with van der Waals surface area (Å²) in [7, 11) is 0. The Morgan fingerprint density at radius 1 is 1.05 bits per heavy atom. The van der Waals surface area contributed by atoms with E-state index in [1.165, 1.54) is 0 Å². The molecule has 1 aromatic carbocycles. The molecule has 0 amide bonds. The fourth-order valence-corrected chi connectivity index (χ4v) is 4.97. The Labute approximate surface area is 221 Å². The Bertz CT molecular complexity index is 1510. The normalized spacial score (nSPS) is 16.7. The lowest BCUT2D eigenvalue weighted by atomic mass is 10.0. The highest BCUT2D eigenvalue weighted by atomic mass is 16.3. The third-order valence-electron chi connectivity index (χ3n) is 7.53. The molecule has 0 atom stereocenters. The molecule has 0 bridgehead atoms. The first-order chi connectivity index (χ1) is 18.5. The summed E-state index contributed by atoms with van der Waals surface area (Å²) in [6.45, 7) is 9.24. The van der Waals surface area contributed by atoms with Gasteiger partial charge in [0.1, 0.15) is 17.7 Å². The van der Waals surface area contributed by atoms with E-state index in [0.29, 0.717) is 13.0 Å². The highest BCUT2D eigenvalue weighted by Crippen LogP contribution is 2.37. The van der Waals surface area contributed by atoms with Crippen molar-refractivity contribution in [2.75, 3.05) is 31.1 Å². The molecule has 0 radical (unpaired) electrons. The van der Waals surface area contributed by atoms with Gasteiger partial charge < -0.3 is 9.32 Å². The molecule has 5 heterocycles. The summed E-state index contributed by atoms with van der Waals surface area (Å²) >= 11 is 0. The maximum Gasteiger partial charge on any atom is 0.209 e. The number of piperazine rings is 1. The zero-order chi connectivity index (χ0) is 26.1. The molecule has 38 heavy (non-hydrogen) atoms. The van der Waals surface area contributed by atoms with Crippen LogP contribution in [0.15, 0.2) is 51.6 Å². The number of fused-ring (bicyclic) bond motifs is 1. The lowest BCUT2D eigenvalue weighted by molar-refractivity contribution is 0.228. The van der Waals surface area contributed by atoms with Crippen LogP contribution in [0.3, 0.4) is 0 Å². The Morgan fingerprint density at radius 3 is 2.68 bits per heavy atom. The minimum Gasteiger partial charge on any atom is -0.439 e. The van der Waals surface area contributed by atoms with Crippen LogP contribution >= 0.6 is 0 Å². The number of hydrogen-bond donors (Lipinski definition) is 0. The van der Waals surface area contributed by atoms with Crippen LogP contribution in [0.1, 0.15) is 36.4 Å². The van der Waals surface area contributed by atoms with Crippen LogP contribution in [0.25, 0.3) is 22.2 Å². The second kappa shape index (κ2) is 9.99. The molecule has 2 aliphatic heterocycles. The van der Waals surface area contributed by atoms with Gasteiger partial charge in [-0.05, 0) is 31.5 Å². The van der Waals surface area contributed by atoms with Crippen LogP contribution in [0, 0.1) is 26.2 Å². The predicted molar refractivity (Wildman–Crippen MR) is 144 cm³/mol. The number of nitrogens with zero attached hydrogens (tertiary/aromatic N) is 9. The van der Waals surface area contributed by atoms with Crippen LogP contribution in [-0.4, -0.2) is 61.5 Å². The van der Waals surface area contributed by atoms with Gasteiger partial charge in [-0.25, -0.2) is 15.0 Å². The third-order valence-corrected chi connectivity index (χ3v) is 7.53. The van der Waals surface area contributed by atoms with Gasteiger partial charge in [0.2, 0.25) is 5.89 Å². The van der Waals surface area contributed by atoms with E-state index in [4.69, 9.17) is 15.8 Å². The first-order valence-electron chi connectivity index (χ1n) is 13.1. The highest BCUT2D eigenvalue weighted by Gasteiger charge is 2.38. The molecule has 0 spiro atoms. The minimum atomic E-state index is -0.297. The summed E-state index contributed by atoms with van der Waals surface area (Å²) in [5.41, 5.74) is 5.64. The van der Waals surface area contributed by atoms with Crippen molar-refractivity contribution in [1.82, 2.24) is 29.6 Å². The molecule has 4 aromatic rings. The number of rotatable bonds is 9. The van der Waals surface area contributed by atoms with Gasteiger partial charge in [-0.15, -0.1) is 12.3 Å². The summed E-state index contributed by atoms with van der Waals surface area (Å²) < 4.78 is 8.11. The monoisotopic (exact) mass is 509 g/mol. The summed E-state index contributed by atoms with van der Waals surface area (Å²) in [5, 5.41) is 13.0. The first-order valence-corrected chi connectivity index (χ1v) is 13.1. The highest BCUT2D eigenvalue weighted by molar-refractivity contribution is 5.79. The fourth-order valence-electron chi connectivity index (χ4n) is 4.97. The molecule has 6 rings (SSSR count). The van der Waals surface area contributed by atoms with E-state index in [2.05, 4.69) is 60.2 Å². The van der Waals surface area contributed by atoms with Gasteiger partial charge in [0.05, 0.1) is 12.7 Å². The Hall–Kier alpha value is -4.10. The van der Waals surface area contributed by atoms with Gasteiger partial charge in [0.25, 0.3) is 0 Å². The fraction of sp³-hybridized carbons (Fsp3) is 0.429. The SMILES string of the molecule is C#CCCC1(CCn2cc(-c3ccc4nc(CN5CCN(c6ncnc(C)c6C)CC5)oc4c3)cn2)N=N1. The van der Waals surface area contributed by atoms with E-state index in [1.54, 1.807) is 6.33 Å². The smallest absolute Gasteiger partial charge is 0.209 e. The van der Waals surface area contributed by atoms with Crippen molar-refractivity contribution in [3.63, 3.8) is 0 Å². The van der Waals surface area contributed by atoms with E-state index in [0.717, 1.165) is 90.8 Å². The van der Waals surface area contributed by atoms with E-state index >= 15 is 0 Å². The van der Waals surface area contributed by atoms with Crippen LogP contribution in [0.4, 0.5) is 5.82 Å². The molecule has 194 valence electrons. The van der Waals surface area contributed by atoms with Crippen molar-refractivity contribution < 1.29 is 4.42 Å². The first kappa shape index (κ1) is 24.2. The van der Waals surface area contributed by atoms with Crippen LogP contribution < -0.4 is 4.90 Å². The molecule has 2 aliphatic rings. The number of hydrogen-bond acceptors (Lipinski definition) is 9. The summed E-state index contributed by atoms with van der Waals surface area (Å²) in [6, 6.07) is 6.13. The molecular formula is C28H31N9O. The van der Waals surface area contributed by atoms with Crippen molar-refractivity contribution in [2.45, 2.75) is 51.9 Å². The minimum absolute atomic E-state index is 0.297. The van der Waals surface area contributed by atoms with Gasteiger partial charge in [-0.2, -0.15) is 15.3 Å². The van der Waals surface area contributed by atoms with Gasteiger partial charge in [0.15, 0.2) is 11.2 Å². The lowest BCUT2D eigenvalue weighted by Gasteiger charge is -2.35. The largest absolute Gasteiger partial charge is 0.439 e. The molecule has 3 aromatic heterocycles. The quantitative estimate of drug-likeness (QED) is 0.309. The molecule has 10 nitrogen and oxygen atoms in total. The standard InChI is InChI=1S/C28H31N9O/c1-4-5-8-28(33-34-28)9-10-37-17-23(16-31-37)22-6-7-24-25(15-22)38-26(32-24)18-35-11-13-36(14-12-35)27-20(2)21(3)29-19-30-27/h1,6-7,15-17,19H,5,8-14,18H2,2-3H3. The van der Waals surface area contributed by atoms with Gasteiger partial charge in [-0.1, -0.05) is 6.07 Å². The van der Waals surface area contributed by atoms with E-state index in [1.807, 2.05) is 29.9 Å². The number of oxazole rings is 1. The maximum atomic E-state index is 6.17. The van der Waals surface area contributed by atoms with Gasteiger partial charge >= 0.3 is 0 Å². The Balaban J connectivity index is 1.07. The van der Waals surface area contributed by atoms with E-state index in [9.17, 15) is 0 Å². The average molecular weight is 510 g/mol. The molecule has 0 N–H and O–H groups in total. The number of benzene rings is 1. The second-order valence-corrected chi connectivity index (χ2v) is 10.1. The zero-order valence-electron chi connectivity index (χ0n) is 21.8. The number of terminal acetylenes is 1. The Kier molecular flexibility index (Phi) is 6.37. The third kappa shape index (κ3) is 5.02. The molecule has 0 unspecified atom stereocenters. The molecule has 10 heteroatoms. The summed E-state index contributed by atoms with van der Waals surface area (Å²) in [6.07, 6.45) is 13.3. The van der Waals surface area contributed by atoms with Crippen LogP contribution in [0.5, 0.6) is 0 Å². The van der Waals surface area contributed by atoms with E-state index < -0.39 is 0 Å². The second-order valence-electron chi connectivity index (χ2n) is 10.1. The van der Waals surface area contributed by atoms with E-state index in [-0.39, 0.29) is 5.66 Å². The molecule has 1 saturated heterocycles. The number of aryl methyl sites for hydroxylation is 2. The number of anilines is 1. The summed E-state index contributed by atoms with van der Waals surface area (Å²) in [4.78, 5) is 18.3. The zero-order valence-corrected chi connectivity index (χ0v) is 21.8. The van der Waals surface area contributed by atoms with Crippen molar-refractivity contribution in [3.05, 3.63) is 54.1 Å². The topological polar surface area (TPSA) is 101 Å². The summed E-state index contributed by atoms with van der Waals surface area (Å²) in [5.74, 6) is 4.45. The van der Waals surface area contributed by atoms with Crippen molar-refractivity contribution in [1.29, 1.82) is 0 Å². The van der Waals surface area contributed by atoms with Gasteiger partial charge in [0, 0.05) is 75.0 Å².